The number of nitrogens with two attached hydrogens (primary N) is 1. The Hall–Kier alpha value is -1.87. The molecule has 1 atom stereocenters. The molecule has 8 nitrogen and oxygen atoms in total. The minimum atomic E-state index is -0.539. The highest BCUT2D eigenvalue weighted by atomic mass is 79.9. The van der Waals surface area contributed by atoms with Gasteiger partial charge in [0.2, 0.25) is 0 Å². The molecule has 9 heteroatoms. The van der Waals surface area contributed by atoms with E-state index in [9.17, 15) is 4.79 Å². The van der Waals surface area contributed by atoms with E-state index in [1.54, 1.807) is 4.90 Å². The Morgan fingerprint density at radius 1 is 1.62 bits per heavy atom. The zero-order valence-electron chi connectivity index (χ0n) is 13.9. The number of aromatic nitrogens is 1. The van der Waals surface area contributed by atoms with E-state index < -0.39 is 5.60 Å². The summed E-state index contributed by atoms with van der Waals surface area (Å²) in [6.45, 7) is 6.76. The van der Waals surface area contributed by atoms with Gasteiger partial charge in [0.25, 0.3) is 0 Å². The van der Waals surface area contributed by atoms with Gasteiger partial charge in [0, 0.05) is 16.7 Å². The zero-order chi connectivity index (χ0) is 17.9. The third kappa shape index (κ3) is 4.57. The quantitative estimate of drug-likeness (QED) is 0.522. The minimum absolute atomic E-state index is 0.00966. The van der Waals surface area contributed by atoms with Crippen molar-refractivity contribution in [2.45, 2.75) is 32.5 Å². The van der Waals surface area contributed by atoms with Gasteiger partial charge in [-0.25, -0.2) is 9.79 Å². The highest BCUT2D eigenvalue weighted by molar-refractivity contribution is 9.10. The topological polar surface area (TPSA) is 117 Å². The summed E-state index contributed by atoms with van der Waals surface area (Å²) in [5.41, 5.74) is 5.94. The number of hydrogen-bond donors (Lipinski definition) is 3. The van der Waals surface area contributed by atoms with Crippen LogP contribution in [0.1, 0.15) is 38.3 Å². The lowest BCUT2D eigenvalue weighted by molar-refractivity contribution is -0.0445. The molecule has 2 rings (SSSR count). The van der Waals surface area contributed by atoms with Crippen molar-refractivity contribution in [3.63, 3.8) is 0 Å². The zero-order valence-corrected chi connectivity index (χ0v) is 15.5. The maximum absolute atomic E-state index is 12.2. The van der Waals surface area contributed by atoms with Crippen molar-refractivity contribution in [1.29, 1.82) is 5.41 Å². The van der Waals surface area contributed by atoms with Crippen molar-refractivity contribution < 1.29 is 14.3 Å². The molecule has 0 bridgehead atoms. The first-order chi connectivity index (χ1) is 11.2. The summed E-state index contributed by atoms with van der Waals surface area (Å²) >= 11 is 3.39. The molecule has 24 heavy (non-hydrogen) atoms. The van der Waals surface area contributed by atoms with E-state index in [-0.39, 0.29) is 18.0 Å². The van der Waals surface area contributed by atoms with E-state index in [2.05, 4.69) is 25.9 Å². The summed E-state index contributed by atoms with van der Waals surface area (Å²) in [5.74, 6) is 0.00966. The van der Waals surface area contributed by atoms with Crippen LogP contribution in [0.25, 0.3) is 0 Å². The molecule has 1 fully saturated rings. The largest absolute Gasteiger partial charge is 0.444 e. The van der Waals surface area contributed by atoms with Gasteiger partial charge in [-0.1, -0.05) is 0 Å². The van der Waals surface area contributed by atoms with Crippen molar-refractivity contribution >= 4 is 34.2 Å². The predicted octanol–water partition coefficient (Wildman–Crippen LogP) is 2.40. The summed E-state index contributed by atoms with van der Waals surface area (Å²) in [6, 6.07) is 1.82. The molecule has 1 aromatic heterocycles. The molecule has 2 heterocycles. The van der Waals surface area contributed by atoms with E-state index in [1.165, 1.54) is 0 Å². The monoisotopic (exact) mass is 399 g/mol. The molecule has 1 unspecified atom stereocenters. The number of halogens is 1. The molecule has 0 aromatic carbocycles. The summed E-state index contributed by atoms with van der Waals surface area (Å²) in [4.78, 5) is 20.7. The van der Waals surface area contributed by atoms with E-state index >= 15 is 0 Å². The standard InChI is InChI=1S/C15H22BrN5O3/c1-15(2,3)24-14(22)21-4-5-23-11(7-21)10-6-9(16)12(20-10)13(18)19-8-17/h6,8,11,20H,4-5,7H2,1-3H3,(H3,17,18,19). The third-order valence-corrected chi connectivity index (χ3v) is 3.92. The lowest BCUT2D eigenvalue weighted by Gasteiger charge is -2.33. The van der Waals surface area contributed by atoms with Gasteiger partial charge >= 0.3 is 6.09 Å². The van der Waals surface area contributed by atoms with Gasteiger partial charge in [0.15, 0.2) is 5.84 Å². The third-order valence-electron chi connectivity index (χ3n) is 3.30. The number of nitrogens with zero attached hydrogens (tertiary/aromatic N) is 2. The summed E-state index contributed by atoms with van der Waals surface area (Å²) in [7, 11) is 0. The van der Waals surface area contributed by atoms with Crippen molar-refractivity contribution in [3.8, 4) is 0 Å². The van der Waals surface area contributed by atoms with Gasteiger partial charge in [0.05, 0.1) is 25.2 Å². The molecule has 4 N–H and O–H groups in total. The number of ether oxygens (including phenoxy) is 2. The van der Waals surface area contributed by atoms with Crippen LogP contribution in [0.3, 0.4) is 0 Å². The number of amidine groups is 1. The van der Waals surface area contributed by atoms with Gasteiger partial charge in [-0.15, -0.1) is 0 Å². The lowest BCUT2D eigenvalue weighted by Crippen LogP contribution is -2.44. The first-order valence-corrected chi connectivity index (χ1v) is 8.31. The number of carbonyl (C=O) groups is 1. The average Bonchev–Trinajstić information content (AvgIpc) is 2.88. The second-order valence-corrected chi connectivity index (χ2v) is 7.21. The number of aromatic amines is 1. The van der Waals surface area contributed by atoms with Crippen LogP contribution < -0.4 is 5.73 Å². The van der Waals surface area contributed by atoms with Gasteiger partial charge in [-0.05, 0) is 42.8 Å². The maximum Gasteiger partial charge on any atom is 0.410 e. The fourth-order valence-corrected chi connectivity index (χ4v) is 2.80. The van der Waals surface area contributed by atoms with Crippen LogP contribution in [0.4, 0.5) is 4.79 Å². The Bertz CT molecular complexity index is 650. The van der Waals surface area contributed by atoms with Crippen molar-refractivity contribution in [2.24, 2.45) is 10.7 Å². The second-order valence-electron chi connectivity index (χ2n) is 6.36. The molecule has 0 aliphatic carbocycles. The second kappa shape index (κ2) is 7.35. The summed E-state index contributed by atoms with van der Waals surface area (Å²) in [5, 5.41) is 7.84. The number of nitrogens with one attached hydrogen (secondary N) is 2. The smallest absolute Gasteiger partial charge is 0.410 e. The van der Waals surface area contributed by atoms with Gasteiger partial charge in [0.1, 0.15) is 11.7 Å². The number of amides is 1. The summed E-state index contributed by atoms with van der Waals surface area (Å²) in [6.07, 6.45) is 0.379. The Kier molecular flexibility index (Phi) is 5.66. The minimum Gasteiger partial charge on any atom is -0.444 e. The Morgan fingerprint density at radius 2 is 2.33 bits per heavy atom. The first-order valence-electron chi connectivity index (χ1n) is 7.52. The van der Waals surface area contributed by atoms with Crippen LogP contribution in [0.15, 0.2) is 15.5 Å². The van der Waals surface area contributed by atoms with Crippen molar-refractivity contribution in [3.05, 3.63) is 21.9 Å². The maximum atomic E-state index is 12.2. The Balaban J connectivity index is 2.11. The van der Waals surface area contributed by atoms with Gasteiger partial charge in [-0.2, -0.15) is 0 Å². The molecule has 0 spiro atoms. The number of carbonyl (C=O) groups excluding carboxylic acids is 1. The van der Waals surface area contributed by atoms with Crippen LogP contribution in [-0.2, 0) is 9.47 Å². The number of rotatable bonds is 2. The molecule has 0 saturated carbocycles. The van der Waals surface area contributed by atoms with E-state index in [4.69, 9.17) is 20.6 Å². The molecular formula is C15H22BrN5O3. The van der Waals surface area contributed by atoms with E-state index in [1.807, 2.05) is 26.8 Å². The van der Waals surface area contributed by atoms with Gasteiger partial charge in [-0.3, -0.25) is 5.41 Å². The molecule has 132 valence electrons. The number of hydrogen-bond acceptors (Lipinski definition) is 4. The number of aliphatic imine (C=N–C) groups is 1. The number of morpholine rings is 1. The highest BCUT2D eigenvalue weighted by Crippen LogP contribution is 2.28. The normalized spacial score (nSPS) is 18.8. The van der Waals surface area contributed by atoms with Crippen LogP contribution in [-0.4, -0.2) is 53.4 Å². The first kappa shape index (κ1) is 18.5. The number of H-pyrrole nitrogens is 1. The molecule has 1 amide bonds. The lowest BCUT2D eigenvalue weighted by atomic mass is 10.2. The molecule has 0 radical (unpaired) electrons. The molecule has 1 aliphatic heterocycles. The van der Waals surface area contributed by atoms with E-state index in [0.717, 1.165) is 12.0 Å². The van der Waals surface area contributed by atoms with Crippen molar-refractivity contribution in [2.75, 3.05) is 19.7 Å². The fourth-order valence-electron chi connectivity index (χ4n) is 2.26. The highest BCUT2D eigenvalue weighted by Gasteiger charge is 2.30. The average molecular weight is 400 g/mol. The van der Waals surface area contributed by atoms with Crippen LogP contribution >= 0.6 is 15.9 Å². The Morgan fingerprint density at radius 3 is 2.96 bits per heavy atom. The van der Waals surface area contributed by atoms with Crippen LogP contribution in [0, 0.1) is 5.41 Å². The molecule has 1 aliphatic rings. The van der Waals surface area contributed by atoms with Crippen molar-refractivity contribution in [1.82, 2.24) is 9.88 Å². The predicted molar refractivity (Wildman–Crippen MR) is 94.5 cm³/mol. The molecular weight excluding hydrogens is 378 g/mol. The van der Waals surface area contributed by atoms with E-state index in [0.29, 0.717) is 29.9 Å². The molecule has 1 saturated heterocycles. The summed E-state index contributed by atoms with van der Waals surface area (Å²) < 4.78 is 11.8. The fraction of sp³-hybridized carbons (Fsp3) is 0.533. The SMILES string of the molecule is CC(C)(C)OC(=O)N1CCOC(c2cc(Br)c(C(=N)N=CN)[nH]2)C1. The molecule has 1 aromatic rings. The van der Waals surface area contributed by atoms with Gasteiger partial charge < -0.3 is 25.1 Å². The van der Waals surface area contributed by atoms with Crippen LogP contribution in [0.5, 0.6) is 0 Å². The van der Waals surface area contributed by atoms with Crippen LogP contribution in [0.2, 0.25) is 0 Å². The Labute approximate surface area is 149 Å².